The maximum Gasteiger partial charge on any atom is 0.0625 e. The van der Waals surface area contributed by atoms with Crippen LogP contribution in [-0.4, -0.2) is 0 Å². The molecule has 0 atom stereocenters. The molecule has 0 saturated carbocycles. The summed E-state index contributed by atoms with van der Waals surface area (Å²) >= 11 is 0. The van der Waals surface area contributed by atoms with Gasteiger partial charge in [0.2, 0.25) is 0 Å². The molecule has 0 aromatic carbocycles. The van der Waals surface area contributed by atoms with Gasteiger partial charge in [-0.15, -0.1) is 0 Å². The van der Waals surface area contributed by atoms with Crippen molar-refractivity contribution in [2.45, 2.75) is 19.8 Å². The van der Waals surface area contributed by atoms with Gasteiger partial charge in [-0.25, -0.2) is 0 Å². The zero-order valence-corrected chi connectivity index (χ0v) is 5.72. The summed E-state index contributed by atoms with van der Waals surface area (Å²) in [5.74, 6) is 0. The van der Waals surface area contributed by atoms with Crippen LogP contribution in [0, 0.1) is 11.3 Å². The van der Waals surface area contributed by atoms with Gasteiger partial charge in [-0.3, -0.25) is 0 Å². The van der Waals surface area contributed by atoms with Gasteiger partial charge in [0.05, 0.1) is 6.07 Å². The van der Waals surface area contributed by atoms with Crippen LogP contribution >= 0.6 is 0 Å². The molecule has 0 amide bonds. The van der Waals surface area contributed by atoms with Crippen LogP contribution in [0.5, 0.6) is 0 Å². The van der Waals surface area contributed by atoms with Crippen LogP contribution in [0.4, 0.5) is 0 Å². The molecular weight excluding hydrogens is 110 g/mol. The molecule has 0 radical (unpaired) electrons. The number of allylic oxidation sites excluding steroid dienone is 3. The first-order chi connectivity index (χ1) is 4.27. The maximum absolute atomic E-state index is 8.13. The normalized spacial score (nSPS) is 9.33. The second-order valence-corrected chi connectivity index (χ2v) is 1.95. The number of hydrogen-bond acceptors (Lipinski definition) is 1. The van der Waals surface area contributed by atoms with Crippen molar-refractivity contribution in [3.63, 3.8) is 0 Å². The minimum Gasteiger partial charge on any atom is -0.198 e. The Morgan fingerprint density at radius 1 is 1.78 bits per heavy atom. The van der Waals surface area contributed by atoms with Crippen LogP contribution in [0.1, 0.15) is 19.8 Å². The minimum absolute atomic E-state index is 0.601. The summed E-state index contributed by atoms with van der Waals surface area (Å²) in [5, 5.41) is 8.13. The van der Waals surface area contributed by atoms with Crippen molar-refractivity contribution < 1.29 is 0 Å². The Hall–Kier alpha value is -1.03. The van der Waals surface area contributed by atoms with E-state index in [1.54, 1.807) is 0 Å². The molecule has 9 heavy (non-hydrogen) atoms. The first kappa shape index (κ1) is 7.97. The highest BCUT2D eigenvalue weighted by Gasteiger charge is 1.76. The summed E-state index contributed by atoms with van der Waals surface area (Å²) in [6.45, 7) is 5.62. The Kier molecular flexibility index (Phi) is 4.53. The van der Waals surface area contributed by atoms with Crippen LogP contribution in [0.15, 0.2) is 24.3 Å². The Labute approximate surface area is 56.3 Å². The minimum atomic E-state index is 0.601. The van der Waals surface area contributed by atoms with E-state index in [9.17, 15) is 0 Å². The fourth-order valence-corrected chi connectivity index (χ4v) is 0.432. The summed E-state index contributed by atoms with van der Waals surface area (Å²) in [7, 11) is 0. The molecule has 0 aliphatic carbocycles. The lowest BCUT2D eigenvalue weighted by atomic mass is 10.2. The van der Waals surface area contributed by atoms with Gasteiger partial charge in [-0.05, 0) is 13.3 Å². The molecule has 0 aliphatic rings. The smallest absolute Gasteiger partial charge is 0.0625 e. The molecular formula is C8H11N. The second-order valence-electron chi connectivity index (χ2n) is 1.95. The first-order valence-corrected chi connectivity index (χ1v) is 2.96. The third kappa shape index (κ3) is 6.97. The van der Waals surface area contributed by atoms with E-state index in [4.69, 9.17) is 5.26 Å². The van der Waals surface area contributed by atoms with Crippen LogP contribution in [0.2, 0.25) is 0 Å². The predicted octanol–water partition coefficient (Wildman–Crippen LogP) is 2.42. The summed E-state index contributed by atoms with van der Waals surface area (Å²) in [6, 6.07) is 2.06. The molecule has 0 saturated heterocycles. The van der Waals surface area contributed by atoms with Crippen LogP contribution < -0.4 is 0 Å². The largest absolute Gasteiger partial charge is 0.198 e. The fraction of sp³-hybridized carbons (Fsp3) is 0.375. The molecule has 1 nitrogen and oxygen atoms in total. The topological polar surface area (TPSA) is 23.8 Å². The SMILES string of the molecule is C=C(C)C=CCCC#N. The van der Waals surface area contributed by atoms with Crippen LogP contribution in [0.25, 0.3) is 0 Å². The summed E-state index contributed by atoms with van der Waals surface area (Å²) in [4.78, 5) is 0. The molecule has 0 unspecified atom stereocenters. The molecule has 0 aromatic heterocycles. The summed E-state index contributed by atoms with van der Waals surface area (Å²) in [6.07, 6.45) is 5.33. The highest BCUT2D eigenvalue weighted by Crippen LogP contribution is 1.93. The van der Waals surface area contributed by atoms with E-state index in [1.165, 1.54) is 0 Å². The second kappa shape index (κ2) is 5.11. The molecule has 1 heteroatoms. The molecule has 0 bridgehead atoms. The van der Waals surface area contributed by atoms with Gasteiger partial charge in [0.15, 0.2) is 0 Å². The standard InChI is InChI=1S/C8H11N/c1-8(2)6-4-3-5-7-9/h4,6H,1,3,5H2,2H3. The molecule has 0 N–H and O–H groups in total. The van der Waals surface area contributed by atoms with Gasteiger partial charge >= 0.3 is 0 Å². The van der Waals surface area contributed by atoms with E-state index in [2.05, 4.69) is 12.6 Å². The molecule has 0 spiro atoms. The average Bonchev–Trinajstić information content (AvgIpc) is 1.80. The predicted molar refractivity (Wildman–Crippen MR) is 38.8 cm³/mol. The monoisotopic (exact) mass is 121 g/mol. The molecule has 0 rings (SSSR count). The number of rotatable bonds is 3. The highest BCUT2D eigenvalue weighted by molar-refractivity contribution is 5.10. The van der Waals surface area contributed by atoms with Gasteiger partial charge in [-0.1, -0.05) is 24.3 Å². The number of unbranched alkanes of at least 4 members (excludes halogenated alkanes) is 1. The zero-order chi connectivity index (χ0) is 7.11. The van der Waals surface area contributed by atoms with Gasteiger partial charge < -0.3 is 0 Å². The lowest BCUT2D eigenvalue weighted by Crippen LogP contribution is -1.64. The van der Waals surface area contributed by atoms with Crippen molar-refractivity contribution in [2.24, 2.45) is 0 Å². The lowest BCUT2D eigenvalue weighted by Gasteiger charge is -1.82. The van der Waals surface area contributed by atoms with Gasteiger partial charge in [0.1, 0.15) is 0 Å². The fourth-order valence-electron chi connectivity index (χ4n) is 0.432. The van der Waals surface area contributed by atoms with Crippen molar-refractivity contribution in [3.8, 4) is 6.07 Å². The summed E-state index contributed by atoms with van der Waals surface area (Å²) < 4.78 is 0. The van der Waals surface area contributed by atoms with Crippen molar-refractivity contribution in [1.82, 2.24) is 0 Å². The third-order valence-corrected chi connectivity index (χ3v) is 0.825. The van der Waals surface area contributed by atoms with Crippen LogP contribution in [0.3, 0.4) is 0 Å². The molecule has 0 aromatic rings. The van der Waals surface area contributed by atoms with E-state index in [0.29, 0.717) is 6.42 Å². The molecule has 48 valence electrons. The van der Waals surface area contributed by atoms with E-state index in [0.717, 1.165) is 12.0 Å². The van der Waals surface area contributed by atoms with Crippen LogP contribution in [-0.2, 0) is 0 Å². The first-order valence-electron chi connectivity index (χ1n) is 2.96. The maximum atomic E-state index is 8.13. The molecule has 0 fully saturated rings. The number of hydrogen-bond donors (Lipinski definition) is 0. The van der Waals surface area contributed by atoms with Crippen molar-refractivity contribution >= 4 is 0 Å². The Bertz CT molecular complexity index is 148. The Morgan fingerprint density at radius 2 is 2.44 bits per heavy atom. The van der Waals surface area contributed by atoms with E-state index >= 15 is 0 Å². The van der Waals surface area contributed by atoms with Crippen molar-refractivity contribution in [2.75, 3.05) is 0 Å². The number of nitriles is 1. The third-order valence-electron chi connectivity index (χ3n) is 0.825. The van der Waals surface area contributed by atoms with Crippen molar-refractivity contribution in [3.05, 3.63) is 24.3 Å². The summed E-state index contributed by atoms with van der Waals surface area (Å²) in [5.41, 5.74) is 1.04. The lowest BCUT2D eigenvalue weighted by molar-refractivity contribution is 1.06. The molecule has 0 aliphatic heterocycles. The highest BCUT2D eigenvalue weighted by atomic mass is 14.2. The Balaban J connectivity index is 3.28. The van der Waals surface area contributed by atoms with Gasteiger partial charge in [-0.2, -0.15) is 5.26 Å². The zero-order valence-electron chi connectivity index (χ0n) is 5.72. The van der Waals surface area contributed by atoms with Gasteiger partial charge in [0, 0.05) is 6.42 Å². The van der Waals surface area contributed by atoms with Crippen molar-refractivity contribution in [1.29, 1.82) is 5.26 Å². The van der Waals surface area contributed by atoms with E-state index in [1.807, 2.05) is 19.1 Å². The quantitative estimate of drug-likeness (QED) is 0.415. The molecule has 0 heterocycles. The van der Waals surface area contributed by atoms with E-state index < -0.39 is 0 Å². The Morgan fingerprint density at radius 3 is 2.89 bits per heavy atom. The average molecular weight is 121 g/mol. The van der Waals surface area contributed by atoms with E-state index in [-0.39, 0.29) is 0 Å². The van der Waals surface area contributed by atoms with Gasteiger partial charge in [0.25, 0.3) is 0 Å². The number of nitrogens with zero attached hydrogens (tertiary/aromatic N) is 1.